The third kappa shape index (κ3) is 5.03. The first-order chi connectivity index (χ1) is 13.5. The third-order valence-electron chi connectivity index (χ3n) is 4.98. The van der Waals surface area contributed by atoms with Crippen LogP contribution < -0.4 is 10.1 Å². The predicted molar refractivity (Wildman–Crippen MR) is 114 cm³/mol. The van der Waals surface area contributed by atoms with Crippen LogP contribution in [0, 0.1) is 0 Å². The van der Waals surface area contributed by atoms with E-state index in [1.807, 2.05) is 54.8 Å². The summed E-state index contributed by atoms with van der Waals surface area (Å²) >= 11 is 6.05. The molecule has 5 heteroatoms. The van der Waals surface area contributed by atoms with Crippen LogP contribution in [-0.2, 0) is 11.3 Å². The van der Waals surface area contributed by atoms with Gasteiger partial charge in [-0.25, -0.2) is 0 Å². The summed E-state index contributed by atoms with van der Waals surface area (Å²) < 4.78 is 5.27. The fourth-order valence-electron chi connectivity index (χ4n) is 3.22. The van der Waals surface area contributed by atoms with Crippen molar-refractivity contribution in [3.05, 3.63) is 76.8 Å². The summed E-state index contributed by atoms with van der Waals surface area (Å²) in [5.41, 5.74) is 2.23. The molecule has 0 bridgehead atoms. The number of rotatable bonds is 7. The Balaban J connectivity index is 1.58. The smallest absolute Gasteiger partial charge is 0.277 e. The van der Waals surface area contributed by atoms with E-state index in [0.29, 0.717) is 13.1 Å². The van der Waals surface area contributed by atoms with E-state index in [1.54, 1.807) is 12.0 Å². The Morgan fingerprint density at radius 1 is 1.11 bits per heavy atom. The highest BCUT2D eigenvalue weighted by Crippen LogP contribution is 2.22. The zero-order valence-corrected chi connectivity index (χ0v) is 17.2. The molecular weight excluding hydrogens is 372 g/mol. The van der Waals surface area contributed by atoms with Gasteiger partial charge in [-0.2, -0.15) is 0 Å². The molecule has 0 spiro atoms. The van der Waals surface area contributed by atoms with E-state index < -0.39 is 0 Å². The Labute approximate surface area is 171 Å². The van der Waals surface area contributed by atoms with Gasteiger partial charge in [0.15, 0.2) is 6.54 Å². The van der Waals surface area contributed by atoms with Gasteiger partial charge in [-0.15, -0.1) is 0 Å². The molecule has 0 aliphatic heterocycles. The van der Waals surface area contributed by atoms with Crippen molar-refractivity contribution in [1.29, 1.82) is 0 Å². The normalized spacial score (nSPS) is 12.0. The van der Waals surface area contributed by atoms with Crippen LogP contribution >= 0.6 is 11.6 Å². The molecule has 146 valence electrons. The highest BCUT2D eigenvalue weighted by Gasteiger charge is 2.15. The topological polar surface area (TPSA) is 46.1 Å². The number of methoxy groups -OCH3 is 1. The molecule has 0 fully saturated rings. The van der Waals surface area contributed by atoms with Crippen molar-refractivity contribution in [2.45, 2.75) is 19.5 Å². The minimum Gasteiger partial charge on any atom is -0.497 e. The van der Waals surface area contributed by atoms with Crippen molar-refractivity contribution in [3.63, 3.8) is 0 Å². The number of ether oxygens (including phenoxy) is 1. The molecule has 0 saturated heterocycles. The van der Waals surface area contributed by atoms with E-state index in [0.717, 1.165) is 32.7 Å². The van der Waals surface area contributed by atoms with Crippen molar-refractivity contribution >= 4 is 28.3 Å². The quantitative estimate of drug-likeness (QED) is 0.659. The molecule has 4 nitrogen and oxygen atoms in total. The molecule has 28 heavy (non-hydrogen) atoms. The molecule has 3 aromatic carbocycles. The van der Waals surface area contributed by atoms with Crippen LogP contribution in [0.3, 0.4) is 0 Å². The van der Waals surface area contributed by atoms with Crippen LogP contribution in [0.4, 0.5) is 0 Å². The second-order valence-corrected chi connectivity index (χ2v) is 7.52. The summed E-state index contributed by atoms with van der Waals surface area (Å²) in [7, 11) is 3.51. The van der Waals surface area contributed by atoms with E-state index in [4.69, 9.17) is 16.3 Å². The lowest BCUT2D eigenvalue weighted by atomic mass is 10.1. The SMILES string of the molecule is COc1ccc2cc(CN(C)C(=O)C[NH2+][C@@H](C)c3cccc(Cl)c3)ccc2c1. The maximum atomic E-state index is 12.5. The van der Waals surface area contributed by atoms with E-state index in [1.165, 1.54) is 0 Å². The zero-order chi connectivity index (χ0) is 20.1. The average Bonchev–Trinajstić information content (AvgIpc) is 2.71. The van der Waals surface area contributed by atoms with Gasteiger partial charge in [-0.05, 0) is 53.6 Å². The van der Waals surface area contributed by atoms with Crippen molar-refractivity contribution in [2.24, 2.45) is 0 Å². The number of hydrogen-bond acceptors (Lipinski definition) is 2. The van der Waals surface area contributed by atoms with Gasteiger partial charge in [0.2, 0.25) is 0 Å². The van der Waals surface area contributed by atoms with Crippen LogP contribution in [0.5, 0.6) is 5.75 Å². The summed E-state index contributed by atoms with van der Waals surface area (Å²) in [6.07, 6.45) is 0. The molecule has 3 aromatic rings. The largest absolute Gasteiger partial charge is 0.497 e. The van der Waals surface area contributed by atoms with E-state index in [-0.39, 0.29) is 11.9 Å². The first-order valence-electron chi connectivity index (χ1n) is 9.35. The van der Waals surface area contributed by atoms with Gasteiger partial charge < -0.3 is 15.0 Å². The third-order valence-corrected chi connectivity index (χ3v) is 5.21. The molecule has 0 saturated carbocycles. The maximum absolute atomic E-state index is 12.5. The maximum Gasteiger partial charge on any atom is 0.277 e. The molecular formula is C23H26ClN2O2+. The first-order valence-corrected chi connectivity index (χ1v) is 9.73. The Hall–Kier alpha value is -2.56. The van der Waals surface area contributed by atoms with Gasteiger partial charge in [0.25, 0.3) is 5.91 Å². The lowest BCUT2D eigenvalue weighted by Crippen LogP contribution is -2.86. The zero-order valence-electron chi connectivity index (χ0n) is 16.5. The van der Waals surface area contributed by atoms with Crippen LogP contribution in [0.2, 0.25) is 5.02 Å². The number of nitrogens with zero attached hydrogens (tertiary/aromatic N) is 1. The van der Waals surface area contributed by atoms with Crippen molar-refractivity contribution in [1.82, 2.24) is 4.90 Å². The van der Waals surface area contributed by atoms with E-state index >= 15 is 0 Å². The molecule has 0 aliphatic rings. The summed E-state index contributed by atoms with van der Waals surface area (Å²) in [4.78, 5) is 14.3. The average molecular weight is 398 g/mol. The number of fused-ring (bicyclic) bond motifs is 1. The number of carbonyl (C=O) groups excluding carboxylic acids is 1. The Kier molecular flexibility index (Phi) is 6.55. The molecule has 0 heterocycles. The molecule has 3 rings (SSSR count). The molecule has 0 aliphatic carbocycles. The fourth-order valence-corrected chi connectivity index (χ4v) is 3.42. The summed E-state index contributed by atoms with van der Waals surface area (Å²) in [6, 6.07) is 20.2. The second kappa shape index (κ2) is 9.09. The minimum absolute atomic E-state index is 0.101. The van der Waals surface area contributed by atoms with E-state index in [9.17, 15) is 4.79 Å². The first kappa shape index (κ1) is 20.2. The molecule has 2 N–H and O–H groups in total. The molecule has 0 unspecified atom stereocenters. The predicted octanol–water partition coefficient (Wildman–Crippen LogP) is 3.78. The lowest BCUT2D eigenvalue weighted by molar-refractivity contribution is -0.683. The second-order valence-electron chi connectivity index (χ2n) is 7.08. The van der Waals surface area contributed by atoms with Gasteiger partial charge >= 0.3 is 0 Å². The van der Waals surface area contributed by atoms with Crippen LogP contribution in [0.25, 0.3) is 10.8 Å². The Morgan fingerprint density at radius 3 is 2.61 bits per heavy atom. The highest BCUT2D eigenvalue weighted by molar-refractivity contribution is 6.30. The number of quaternary nitrogens is 1. The molecule has 1 atom stereocenters. The van der Waals surface area contributed by atoms with Gasteiger partial charge in [-0.1, -0.05) is 41.9 Å². The Bertz CT molecular complexity index is 974. The number of carbonyl (C=O) groups is 1. The summed E-state index contributed by atoms with van der Waals surface area (Å²) in [5.74, 6) is 0.945. The number of halogens is 1. The van der Waals surface area contributed by atoms with Crippen LogP contribution in [0.1, 0.15) is 24.1 Å². The lowest BCUT2D eigenvalue weighted by Gasteiger charge is -2.18. The number of benzene rings is 3. The summed E-state index contributed by atoms with van der Waals surface area (Å²) in [6.45, 7) is 3.06. The molecule has 0 aromatic heterocycles. The van der Waals surface area contributed by atoms with Crippen molar-refractivity contribution < 1.29 is 14.8 Å². The van der Waals surface area contributed by atoms with Crippen LogP contribution in [0.15, 0.2) is 60.7 Å². The van der Waals surface area contributed by atoms with Gasteiger partial charge in [-0.3, -0.25) is 4.79 Å². The summed E-state index contributed by atoms with van der Waals surface area (Å²) in [5, 5.41) is 5.02. The highest BCUT2D eigenvalue weighted by atomic mass is 35.5. The Morgan fingerprint density at radius 2 is 1.86 bits per heavy atom. The minimum atomic E-state index is 0.101. The van der Waals surface area contributed by atoms with E-state index in [2.05, 4.69) is 25.1 Å². The number of likely N-dealkylation sites (N-methyl/N-ethyl adjacent to an activating group) is 1. The fraction of sp³-hybridized carbons (Fsp3) is 0.261. The van der Waals surface area contributed by atoms with Crippen molar-refractivity contribution in [2.75, 3.05) is 20.7 Å². The van der Waals surface area contributed by atoms with Gasteiger partial charge in [0.1, 0.15) is 11.8 Å². The molecule has 1 amide bonds. The monoisotopic (exact) mass is 397 g/mol. The number of amides is 1. The standard InChI is InChI=1S/C23H25ClN2O2/c1-16(18-5-4-6-21(24)12-18)25-14-23(27)26(2)15-17-7-8-20-13-22(28-3)10-9-19(20)11-17/h4-13,16,25H,14-15H2,1-3H3/p+1/t16-/m0/s1. The number of hydrogen-bond donors (Lipinski definition) is 1. The van der Waals surface area contributed by atoms with Crippen molar-refractivity contribution in [3.8, 4) is 5.75 Å². The van der Waals surface area contributed by atoms with Gasteiger partial charge in [0.05, 0.1) is 7.11 Å². The number of nitrogens with two attached hydrogens (primary N) is 1. The van der Waals surface area contributed by atoms with Crippen LogP contribution in [-0.4, -0.2) is 31.5 Å². The van der Waals surface area contributed by atoms with Gasteiger partial charge in [0, 0.05) is 24.2 Å². The molecule has 0 radical (unpaired) electrons.